The molecule has 0 bridgehead atoms. The van der Waals surface area contributed by atoms with Gasteiger partial charge in [0.1, 0.15) is 5.82 Å². The smallest absolute Gasteiger partial charge is 0.332 e. The van der Waals surface area contributed by atoms with Crippen LogP contribution in [0.4, 0.5) is 5.82 Å². The van der Waals surface area contributed by atoms with Crippen LogP contribution < -0.4 is 15.7 Å². The van der Waals surface area contributed by atoms with Gasteiger partial charge in [0.2, 0.25) is 0 Å². The van der Waals surface area contributed by atoms with Crippen LogP contribution in [0.5, 0.6) is 5.75 Å². The van der Waals surface area contributed by atoms with Crippen molar-refractivity contribution >= 4 is 33.3 Å². The van der Waals surface area contributed by atoms with E-state index in [2.05, 4.69) is 26.2 Å². The van der Waals surface area contributed by atoms with Gasteiger partial charge in [0.25, 0.3) is 0 Å². The largest absolute Gasteiger partial charge is 0.464 e. The molecular formula is C18H18BrClN4O3. The first-order chi connectivity index (χ1) is 13.0. The number of hydrogen-bond donors (Lipinski definition) is 1. The number of halogens is 2. The Balaban J connectivity index is 2.11. The SMILES string of the molecule is CNc1cc(-c2ccc(-n3ccn(C)c3=O)c(Cl)c2)c(OCOC)c(Br)n1. The first-order valence-corrected chi connectivity index (χ1v) is 9.17. The van der Waals surface area contributed by atoms with Crippen LogP contribution in [-0.4, -0.2) is 35.1 Å². The van der Waals surface area contributed by atoms with Crippen molar-refractivity contribution in [2.24, 2.45) is 7.05 Å². The second kappa shape index (κ2) is 8.16. The lowest BCUT2D eigenvalue weighted by molar-refractivity contribution is 0.0507. The molecule has 1 N–H and O–H groups in total. The number of aromatic nitrogens is 3. The van der Waals surface area contributed by atoms with Crippen molar-refractivity contribution in [2.45, 2.75) is 0 Å². The van der Waals surface area contributed by atoms with Gasteiger partial charge >= 0.3 is 5.69 Å². The van der Waals surface area contributed by atoms with Crippen LogP contribution in [0.3, 0.4) is 0 Å². The number of imidazole rings is 1. The van der Waals surface area contributed by atoms with E-state index in [0.717, 1.165) is 11.1 Å². The third-order valence-corrected chi connectivity index (χ3v) is 4.81. The second-order valence-electron chi connectivity index (χ2n) is 5.70. The number of nitrogens with zero attached hydrogens (tertiary/aromatic N) is 3. The minimum absolute atomic E-state index is 0.0808. The quantitative estimate of drug-likeness (QED) is 0.455. The van der Waals surface area contributed by atoms with E-state index in [4.69, 9.17) is 21.1 Å². The topological polar surface area (TPSA) is 70.3 Å². The van der Waals surface area contributed by atoms with E-state index < -0.39 is 0 Å². The fraction of sp³-hybridized carbons (Fsp3) is 0.222. The number of benzene rings is 1. The van der Waals surface area contributed by atoms with Gasteiger partial charge in [-0.3, -0.25) is 4.57 Å². The maximum absolute atomic E-state index is 12.2. The lowest BCUT2D eigenvalue weighted by Gasteiger charge is -2.15. The maximum atomic E-state index is 12.2. The van der Waals surface area contributed by atoms with E-state index >= 15 is 0 Å². The average Bonchev–Trinajstić information content (AvgIpc) is 2.99. The molecule has 0 fully saturated rings. The molecular weight excluding hydrogens is 436 g/mol. The van der Waals surface area contributed by atoms with E-state index in [1.165, 1.54) is 9.13 Å². The molecule has 0 aliphatic rings. The molecule has 9 heteroatoms. The predicted octanol–water partition coefficient (Wildman–Crippen LogP) is 3.68. The lowest BCUT2D eigenvalue weighted by atomic mass is 10.1. The Morgan fingerprint density at radius 1 is 1.30 bits per heavy atom. The van der Waals surface area contributed by atoms with Gasteiger partial charge in [-0.25, -0.2) is 9.78 Å². The summed E-state index contributed by atoms with van der Waals surface area (Å²) in [5, 5.41) is 3.46. The highest BCUT2D eigenvalue weighted by Crippen LogP contribution is 2.39. The van der Waals surface area contributed by atoms with E-state index in [1.54, 1.807) is 45.7 Å². The van der Waals surface area contributed by atoms with Gasteiger partial charge in [0.15, 0.2) is 17.1 Å². The Hall–Kier alpha value is -2.29. The Morgan fingerprint density at radius 3 is 2.67 bits per heavy atom. The minimum Gasteiger partial charge on any atom is -0.464 e. The van der Waals surface area contributed by atoms with Crippen LogP contribution in [-0.2, 0) is 11.8 Å². The molecule has 0 saturated carbocycles. The summed E-state index contributed by atoms with van der Waals surface area (Å²) in [4.78, 5) is 16.6. The summed E-state index contributed by atoms with van der Waals surface area (Å²) in [6, 6.07) is 7.32. The zero-order valence-corrected chi connectivity index (χ0v) is 17.3. The van der Waals surface area contributed by atoms with Gasteiger partial charge < -0.3 is 19.4 Å². The molecule has 27 heavy (non-hydrogen) atoms. The maximum Gasteiger partial charge on any atom is 0.332 e. The van der Waals surface area contributed by atoms with Gasteiger partial charge in [-0.1, -0.05) is 17.7 Å². The number of aryl methyl sites for hydroxylation is 1. The third kappa shape index (κ3) is 3.87. The summed E-state index contributed by atoms with van der Waals surface area (Å²) in [5.41, 5.74) is 2.04. The summed E-state index contributed by atoms with van der Waals surface area (Å²) in [5.74, 6) is 1.21. The summed E-state index contributed by atoms with van der Waals surface area (Å²) in [6.45, 7) is 0.0808. The molecule has 0 amide bonds. The van der Waals surface area contributed by atoms with E-state index in [9.17, 15) is 4.79 Å². The molecule has 0 aliphatic heterocycles. The Morgan fingerprint density at radius 2 is 2.07 bits per heavy atom. The molecule has 142 valence electrons. The van der Waals surface area contributed by atoms with E-state index in [1.807, 2.05) is 12.1 Å². The standard InChI is InChI=1S/C18H18BrClN4O3/c1-21-15-9-12(16(17(19)22-15)27-10-26-3)11-4-5-14(13(20)8-11)24-7-6-23(2)18(24)25/h4-9H,10H2,1-3H3,(H,21,22). The third-order valence-electron chi connectivity index (χ3n) is 3.97. The number of hydrogen-bond acceptors (Lipinski definition) is 5. The molecule has 0 unspecified atom stereocenters. The monoisotopic (exact) mass is 452 g/mol. The van der Waals surface area contributed by atoms with Crippen LogP contribution in [0.25, 0.3) is 16.8 Å². The van der Waals surface area contributed by atoms with Crippen LogP contribution in [0, 0.1) is 0 Å². The summed E-state index contributed by atoms with van der Waals surface area (Å²) >= 11 is 9.92. The fourth-order valence-electron chi connectivity index (χ4n) is 2.62. The van der Waals surface area contributed by atoms with Gasteiger partial charge in [-0.2, -0.15) is 0 Å². The number of rotatable bonds is 6. The second-order valence-corrected chi connectivity index (χ2v) is 6.86. The molecule has 0 radical (unpaired) electrons. The molecule has 7 nitrogen and oxygen atoms in total. The van der Waals surface area contributed by atoms with Crippen molar-refractivity contribution in [1.29, 1.82) is 0 Å². The lowest BCUT2D eigenvalue weighted by Crippen LogP contribution is -2.20. The zero-order chi connectivity index (χ0) is 19.6. The molecule has 3 aromatic rings. The zero-order valence-electron chi connectivity index (χ0n) is 15.0. The first-order valence-electron chi connectivity index (χ1n) is 8.00. The molecule has 1 aromatic carbocycles. The van der Waals surface area contributed by atoms with Crippen LogP contribution in [0.1, 0.15) is 0 Å². The molecule has 2 heterocycles. The number of anilines is 1. The molecule has 0 aliphatic carbocycles. The van der Waals surface area contributed by atoms with Crippen molar-refractivity contribution in [1.82, 2.24) is 14.1 Å². The minimum atomic E-state index is -0.169. The van der Waals surface area contributed by atoms with Crippen molar-refractivity contribution in [3.8, 4) is 22.6 Å². The first kappa shape index (κ1) is 19.5. The Labute approximate surface area is 169 Å². The molecule has 0 spiro atoms. The molecule has 2 aromatic heterocycles. The summed E-state index contributed by atoms with van der Waals surface area (Å²) in [6.07, 6.45) is 3.36. The van der Waals surface area contributed by atoms with Crippen molar-refractivity contribution in [2.75, 3.05) is 26.3 Å². The van der Waals surface area contributed by atoms with E-state index in [0.29, 0.717) is 26.9 Å². The van der Waals surface area contributed by atoms with Gasteiger partial charge in [0, 0.05) is 39.2 Å². The predicted molar refractivity (Wildman–Crippen MR) is 109 cm³/mol. The summed E-state index contributed by atoms with van der Waals surface area (Å²) < 4.78 is 14.2. The number of nitrogens with one attached hydrogen (secondary N) is 1. The Kier molecular flexibility index (Phi) is 5.88. The molecule has 0 saturated heterocycles. The van der Waals surface area contributed by atoms with Crippen LogP contribution >= 0.6 is 27.5 Å². The Bertz CT molecular complexity index is 1030. The normalized spacial score (nSPS) is 10.9. The highest BCUT2D eigenvalue weighted by molar-refractivity contribution is 9.10. The van der Waals surface area contributed by atoms with Crippen LogP contribution in [0.15, 0.2) is 46.1 Å². The van der Waals surface area contributed by atoms with Crippen molar-refractivity contribution in [3.05, 3.63) is 56.8 Å². The van der Waals surface area contributed by atoms with Crippen LogP contribution in [0.2, 0.25) is 5.02 Å². The van der Waals surface area contributed by atoms with Gasteiger partial charge in [-0.05, 0) is 39.7 Å². The number of methoxy groups -OCH3 is 1. The number of ether oxygens (including phenoxy) is 2. The number of pyridine rings is 1. The average molecular weight is 454 g/mol. The fourth-order valence-corrected chi connectivity index (χ4v) is 3.41. The van der Waals surface area contributed by atoms with Crippen molar-refractivity contribution in [3.63, 3.8) is 0 Å². The van der Waals surface area contributed by atoms with E-state index in [-0.39, 0.29) is 12.5 Å². The van der Waals surface area contributed by atoms with Gasteiger partial charge in [-0.15, -0.1) is 0 Å². The molecule has 0 atom stereocenters. The molecule has 3 rings (SSSR count). The highest BCUT2D eigenvalue weighted by Gasteiger charge is 2.16. The summed E-state index contributed by atoms with van der Waals surface area (Å²) in [7, 11) is 5.02. The highest BCUT2D eigenvalue weighted by atomic mass is 79.9. The van der Waals surface area contributed by atoms with Gasteiger partial charge in [0.05, 0.1) is 10.7 Å². The van der Waals surface area contributed by atoms with Crippen molar-refractivity contribution < 1.29 is 9.47 Å².